The molecule has 1 fully saturated rings. The smallest absolute Gasteiger partial charge is 0.223 e. The summed E-state index contributed by atoms with van der Waals surface area (Å²) < 4.78 is 5.32. The molecule has 0 spiro atoms. The van der Waals surface area contributed by atoms with Gasteiger partial charge in [-0.2, -0.15) is 0 Å². The van der Waals surface area contributed by atoms with Gasteiger partial charge in [-0.1, -0.05) is 19.0 Å². The summed E-state index contributed by atoms with van der Waals surface area (Å²) in [5.74, 6) is 1.76. The van der Waals surface area contributed by atoms with Crippen molar-refractivity contribution in [2.45, 2.75) is 45.6 Å². The van der Waals surface area contributed by atoms with Crippen molar-refractivity contribution >= 4 is 5.95 Å². The Labute approximate surface area is 112 Å². The van der Waals surface area contributed by atoms with Crippen molar-refractivity contribution in [1.29, 1.82) is 0 Å². The molecule has 1 saturated carbocycles. The lowest BCUT2D eigenvalue weighted by Gasteiger charge is -2.11. The van der Waals surface area contributed by atoms with Crippen molar-refractivity contribution in [2.24, 2.45) is 0 Å². The molecule has 19 heavy (non-hydrogen) atoms. The number of nitrogens with zero attached hydrogens (tertiary/aromatic N) is 3. The number of aryl methyl sites for hydroxylation is 1. The molecule has 1 aliphatic carbocycles. The van der Waals surface area contributed by atoms with Gasteiger partial charge in [-0.05, 0) is 25.7 Å². The largest absolute Gasteiger partial charge is 0.356 e. The molecule has 0 amide bonds. The second kappa shape index (κ2) is 4.64. The van der Waals surface area contributed by atoms with Crippen LogP contribution < -0.4 is 5.32 Å². The van der Waals surface area contributed by atoms with Crippen molar-refractivity contribution in [3.63, 3.8) is 0 Å². The fourth-order valence-electron chi connectivity index (χ4n) is 2.00. The lowest BCUT2D eigenvalue weighted by molar-refractivity contribution is 0.426. The molecule has 0 saturated heterocycles. The molecular weight excluding hydrogens is 240 g/mol. The summed E-state index contributed by atoms with van der Waals surface area (Å²) in [6.07, 6.45) is 4.25. The quantitative estimate of drug-likeness (QED) is 0.912. The average Bonchev–Trinajstić information content (AvgIpc) is 3.09. The summed E-state index contributed by atoms with van der Waals surface area (Å²) >= 11 is 0. The fourth-order valence-corrected chi connectivity index (χ4v) is 2.00. The maximum absolute atomic E-state index is 5.32. The van der Waals surface area contributed by atoms with Gasteiger partial charge in [-0.3, -0.25) is 0 Å². The van der Waals surface area contributed by atoms with Gasteiger partial charge in [0.2, 0.25) is 5.95 Å². The third-order valence-corrected chi connectivity index (χ3v) is 3.17. The van der Waals surface area contributed by atoms with Gasteiger partial charge in [-0.25, -0.2) is 9.97 Å². The lowest BCUT2D eigenvalue weighted by atomic mass is 10.0. The Hall–Kier alpha value is -1.91. The highest BCUT2D eigenvalue weighted by atomic mass is 16.5. The van der Waals surface area contributed by atoms with E-state index in [1.807, 2.05) is 19.2 Å². The van der Waals surface area contributed by atoms with Crippen LogP contribution in [0.5, 0.6) is 0 Å². The molecule has 0 unspecified atom stereocenters. The number of hydrogen-bond donors (Lipinski definition) is 1. The molecule has 1 aliphatic rings. The predicted molar refractivity (Wildman–Crippen MR) is 73.0 cm³/mol. The predicted octanol–water partition coefficient (Wildman–Crippen LogP) is 3.14. The van der Waals surface area contributed by atoms with Crippen LogP contribution in [0.25, 0.3) is 11.3 Å². The first kappa shape index (κ1) is 12.1. The summed E-state index contributed by atoms with van der Waals surface area (Å²) in [7, 11) is 0. The van der Waals surface area contributed by atoms with Crippen molar-refractivity contribution in [3.05, 3.63) is 23.7 Å². The molecule has 0 atom stereocenters. The molecule has 0 aromatic carbocycles. The van der Waals surface area contributed by atoms with E-state index >= 15 is 0 Å². The Morgan fingerprint density at radius 3 is 2.74 bits per heavy atom. The molecule has 0 bridgehead atoms. The second-order valence-electron chi connectivity index (χ2n) is 5.40. The van der Waals surface area contributed by atoms with Crippen LogP contribution in [0.3, 0.4) is 0 Å². The fraction of sp³-hybridized carbons (Fsp3) is 0.500. The minimum atomic E-state index is 0.308. The van der Waals surface area contributed by atoms with Crippen LogP contribution in [0.15, 0.2) is 16.8 Å². The molecule has 1 N–H and O–H groups in total. The number of hydrogen-bond acceptors (Lipinski definition) is 5. The summed E-state index contributed by atoms with van der Waals surface area (Å²) in [6.45, 7) is 6.15. The molecule has 100 valence electrons. The molecule has 0 radical (unpaired) electrons. The topological polar surface area (TPSA) is 63.8 Å². The normalized spacial score (nSPS) is 14.9. The van der Waals surface area contributed by atoms with Crippen molar-refractivity contribution in [2.75, 3.05) is 5.32 Å². The van der Waals surface area contributed by atoms with E-state index in [0.717, 1.165) is 22.7 Å². The maximum atomic E-state index is 5.32. The van der Waals surface area contributed by atoms with Crippen LogP contribution >= 0.6 is 0 Å². The molecule has 2 heterocycles. The van der Waals surface area contributed by atoms with Crippen molar-refractivity contribution < 1.29 is 4.52 Å². The highest BCUT2D eigenvalue weighted by molar-refractivity contribution is 5.61. The van der Waals surface area contributed by atoms with E-state index in [1.54, 1.807) is 0 Å². The molecule has 2 aromatic heterocycles. The number of aromatic nitrogens is 3. The Balaban J connectivity index is 1.98. The summed E-state index contributed by atoms with van der Waals surface area (Å²) in [6, 6.07) is 2.47. The summed E-state index contributed by atoms with van der Waals surface area (Å²) in [5.41, 5.74) is 2.79. The molecular formula is C14H18N4O. The van der Waals surface area contributed by atoms with E-state index in [9.17, 15) is 0 Å². The lowest BCUT2D eigenvalue weighted by Crippen LogP contribution is -2.08. The highest BCUT2D eigenvalue weighted by Crippen LogP contribution is 2.29. The Bertz CT molecular complexity index is 587. The molecule has 5 heteroatoms. The van der Waals surface area contributed by atoms with Crippen LogP contribution in [0.4, 0.5) is 5.95 Å². The zero-order valence-electron chi connectivity index (χ0n) is 11.5. The molecule has 5 nitrogen and oxygen atoms in total. The van der Waals surface area contributed by atoms with Crippen LogP contribution in [-0.4, -0.2) is 21.2 Å². The van der Waals surface area contributed by atoms with E-state index in [1.165, 1.54) is 12.8 Å². The minimum absolute atomic E-state index is 0.308. The highest BCUT2D eigenvalue weighted by Gasteiger charge is 2.23. The van der Waals surface area contributed by atoms with E-state index in [4.69, 9.17) is 4.52 Å². The third kappa shape index (κ3) is 2.59. The van der Waals surface area contributed by atoms with Gasteiger partial charge in [0.05, 0.1) is 17.0 Å². The van der Waals surface area contributed by atoms with Gasteiger partial charge in [0.15, 0.2) is 5.76 Å². The first-order chi connectivity index (χ1) is 9.13. The van der Waals surface area contributed by atoms with Gasteiger partial charge >= 0.3 is 0 Å². The monoisotopic (exact) mass is 258 g/mol. The Morgan fingerprint density at radius 1 is 1.37 bits per heavy atom. The standard InChI is InChI=1S/C14H18N4O/c1-8(2)13-11(12-6-9(3)18-19-12)7-15-14(17-13)16-10-4-5-10/h6-8,10H,4-5H2,1-3H3,(H,15,16,17). The van der Waals surface area contributed by atoms with Crippen molar-refractivity contribution in [1.82, 2.24) is 15.1 Å². The van der Waals surface area contributed by atoms with Gasteiger partial charge in [0.25, 0.3) is 0 Å². The van der Waals surface area contributed by atoms with Crippen LogP contribution in [0.1, 0.15) is 44.0 Å². The van der Waals surface area contributed by atoms with E-state index in [-0.39, 0.29) is 0 Å². The molecule has 0 aliphatic heterocycles. The van der Waals surface area contributed by atoms with Crippen LogP contribution in [0.2, 0.25) is 0 Å². The summed E-state index contributed by atoms with van der Waals surface area (Å²) in [4.78, 5) is 9.01. The van der Waals surface area contributed by atoms with Gasteiger partial charge in [-0.15, -0.1) is 0 Å². The molecule has 3 rings (SSSR count). The summed E-state index contributed by atoms with van der Waals surface area (Å²) in [5, 5.41) is 7.25. The van der Waals surface area contributed by atoms with E-state index in [0.29, 0.717) is 17.9 Å². The Kier molecular flexibility index (Phi) is 2.97. The first-order valence-electron chi connectivity index (χ1n) is 6.70. The minimum Gasteiger partial charge on any atom is -0.356 e. The average molecular weight is 258 g/mol. The third-order valence-electron chi connectivity index (χ3n) is 3.17. The van der Waals surface area contributed by atoms with Gasteiger partial charge in [0, 0.05) is 18.3 Å². The van der Waals surface area contributed by atoms with Gasteiger partial charge in [0.1, 0.15) is 0 Å². The van der Waals surface area contributed by atoms with E-state index < -0.39 is 0 Å². The maximum Gasteiger partial charge on any atom is 0.223 e. The SMILES string of the molecule is Cc1cc(-c2cnc(NC3CC3)nc2C(C)C)on1. The van der Waals surface area contributed by atoms with Crippen LogP contribution in [-0.2, 0) is 0 Å². The van der Waals surface area contributed by atoms with Crippen LogP contribution in [0, 0.1) is 6.92 Å². The zero-order valence-corrected chi connectivity index (χ0v) is 11.5. The second-order valence-corrected chi connectivity index (χ2v) is 5.40. The molecule has 2 aromatic rings. The Morgan fingerprint density at radius 2 is 2.16 bits per heavy atom. The number of rotatable bonds is 4. The number of anilines is 1. The van der Waals surface area contributed by atoms with E-state index in [2.05, 4.69) is 34.3 Å². The van der Waals surface area contributed by atoms with Gasteiger partial charge < -0.3 is 9.84 Å². The zero-order chi connectivity index (χ0) is 13.4. The number of nitrogens with one attached hydrogen (secondary N) is 1. The van der Waals surface area contributed by atoms with Crippen molar-refractivity contribution in [3.8, 4) is 11.3 Å². The first-order valence-corrected chi connectivity index (χ1v) is 6.70.